The molecule has 5 atom stereocenters. The van der Waals surface area contributed by atoms with Crippen molar-refractivity contribution < 1.29 is 26.7 Å². The Bertz CT molecular complexity index is 1230. The second kappa shape index (κ2) is 8.57. The second-order valence-corrected chi connectivity index (χ2v) is 10.2. The number of alkyl halides is 5. The van der Waals surface area contributed by atoms with E-state index in [9.17, 15) is 31.5 Å². The average Bonchev–Trinajstić information content (AvgIpc) is 3.24. The van der Waals surface area contributed by atoms with E-state index < -0.39 is 41.2 Å². The van der Waals surface area contributed by atoms with Gasteiger partial charge in [0.05, 0.1) is 22.9 Å². The van der Waals surface area contributed by atoms with Gasteiger partial charge in [0.25, 0.3) is 17.4 Å². The van der Waals surface area contributed by atoms with E-state index >= 15 is 0 Å². The summed E-state index contributed by atoms with van der Waals surface area (Å²) < 4.78 is 68.5. The SMILES string of the molecule is C[C@@H](NC(=O)c1cn([C@H]2CCC2(F)F)c(=O)cc1N[C@H]1[C@@H]2CN(C)C[C@@H]21)c1cccc(C(F)(F)F)c1. The van der Waals surface area contributed by atoms with Crippen LogP contribution in [0.1, 0.15) is 53.3 Å². The molecule has 194 valence electrons. The number of pyridine rings is 1. The number of hydrogen-bond acceptors (Lipinski definition) is 4. The smallest absolute Gasteiger partial charge is 0.381 e. The van der Waals surface area contributed by atoms with Gasteiger partial charge in [-0.1, -0.05) is 12.1 Å². The minimum Gasteiger partial charge on any atom is -0.381 e. The van der Waals surface area contributed by atoms with Crippen LogP contribution in [-0.2, 0) is 6.18 Å². The van der Waals surface area contributed by atoms with Crippen molar-refractivity contribution in [2.24, 2.45) is 11.8 Å². The zero-order chi connectivity index (χ0) is 26.0. The van der Waals surface area contributed by atoms with Crippen LogP contribution in [0.25, 0.3) is 0 Å². The number of aromatic nitrogens is 1. The molecule has 2 N–H and O–H groups in total. The van der Waals surface area contributed by atoms with E-state index in [1.807, 2.05) is 7.05 Å². The predicted octanol–water partition coefficient (Wildman–Crippen LogP) is 4.30. The van der Waals surface area contributed by atoms with Gasteiger partial charge in [0.15, 0.2) is 0 Å². The minimum atomic E-state index is -4.53. The van der Waals surface area contributed by atoms with Gasteiger partial charge in [-0.3, -0.25) is 9.59 Å². The van der Waals surface area contributed by atoms with Crippen molar-refractivity contribution >= 4 is 11.6 Å². The van der Waals surface area contributed by atoms with Gasteiger partial charge in [0.2, 0.25) is 0 Å². The lowest BCUT2D eigenvalue weighted by Gasteiger charge is -2.37. The molecule has 0 unspecified atom stereocenters. The third-order valence-corrected chi connectivity index (χ3v) is 7.66. The number of piperidine rings is 1. The first-order valence-corrected chi connectivity index (χ1v) is 11.9. The number of fused-ring (bicyclic) bond motifs is 1. The number of likely N-dealkylation sites (tertiary alicyclic amines) is 1. The molecule has 2 saturated carbocycles. The lowest BCUT2D eigenvalue weighted by atomic mass is 9.87. The maximum atomic E-state index is 14.1. The van der Waals surface area contributed by atoms with Crippen molar-refractivity contribution in [3.8, 4) is 0 Å². The number of hydrogen-bond donors (Lipinski definition) is 2. The molecule has 6 nitrogen and oxygen atoms in total. The Morgan fingerprint density at radius 2 is 1.86 bits per heavy atom. The fraction of sp³-hybridized carbons (Fsp3) is 0.520. The lowest BCUT2D eigenvalue weighted by Crippen LogP contribution is -2.45. The van der Waals surface area contributed by atoms with E-state index in [-0.39, 0.29) is 35.7 Å². The van der Waals surface area contributed by atoms with E-state index in [2.05, 4.69) is 15.5 Å². The van der Waals surface area contributed by atoms with Gasteiger partial charge < -0.3 is 20.1 Å². The molecule has 0 bridgehead atoms. The van der Waals surface area contributed by atoms with Crippen LogP contribution in [0.15, 0.2) is 41.3 Å². The van der Waals surface area contributed by atoms with Crippen LogP contribution in [0.4, 0.5) is 27.6 Å². The Morgan fingerprint density at radius 1 is 1.17 bits per heavy atom. The van der Waals surface area contributed by atoms with E-state index in [1.165, 1.54) is 25.1 Å². The van der Waals surface area contributed by atoms with Gasteiger partial charge >= 0.3 is 6.18 Å². The van der Waals surface area contributed by atoms with Crippen LogP contribution >= 0.6 is 0 Å². The Hall–Kier alpha value is -2.95. The third kappa shape index (κ3) is 4.49. The summed E-state index contributed by atoms with van der Waals surface area (Å²) in [5, 5.41) is 5.92. The molecule has 2 aliphatic carbocycles. The van der Waals surface area contributed by atoms with E-state index in [1.54, 1.807) is 0 Å². The standard InChI is InChI=1S/C25H27F5N4O2/c1-13(14-4-3-5-15(8-14)25(28,29)30)31-23(36)18-12-34(20-6-7-24(20,26)27)21(35)9-19(18)32-22-16-10-33(2)11-17(16)22/h3-5,8-9,12-13,16-17,20,22,32H,6-7,10-11H2,1-2H3,(H,31,36)/t13-,16-,17+,20+,22+/m1/s1. The number of nitrogens with zero attached hydrogens (tertiary/aromatic N) is 2. The molecule has 1 aliphatic heterocycles. The summed E-state index contributed by atoms with van der Waals surface area (Å²) in [6, 6.07) is 3.74. The first kappa shape index (κ1) is 24.7. The number of rotatable bonds is 6. The monoisotopic (exact) mass is 510 g/mol. The quantitative estimate of drug-likeness (QED) is 0.569. The van der Waals surface area contributed by atoms with Crippen molar-refractivity contribution in [3.63, 3.8) is 0 Å². The topological polar surface area (TPSA) is 66.4 Å². The van der Waals surface area contributed by atoms with E-state index in [4.69, 9.17) is 0 Å². The summed E-state index contributed by atoms with van der Waals surface area (Å²) in [7, 11) is 2.01. The van der Waals surface area contributed by atoms with Crippen LogP contribution in [0.3, 0.4) is 0 Å². The van der Waals surface area contributed by atoms with Gasteiger partial charge in [-0.2, -0.15) is 13.2 Å². The Morgan fingerprint density at radius 3 is 2.44 bits per heavy atom. The van der Waals surface area contributed by atoms with Crippen molar-refractivity contribution in [3.05, 3.63) is 63.6 Å². The van der Waals surface area contributed by atoms with Gasteiger partial charge in [0.1, 0.15) is 6.04 Å². The molecule has 1 amide bonds. The normalized spacial score (nSPS) is 27.6. The zero-order valence-electron chi connectivity index (χ0n) is 19.8. The van der Waals surface area contributed by atoms with Crippen molar-refractivity contribution in [1.29, 1.82) is 0 Å². The highest BCUT2D eigenvalue weighted by molar-refractivity contribution is 5.99. The number of carbonyl (C=O) groups excluding carboxylic acids is 1. The lowest BCUT2D eigenvalue weighted by molar-refractivity contribution is -0.137. The van der Waals surface area contributed by atoms with Crippen LogP contribution in [0, 0.1) is 11.8 Å². The summed E-state index contributed by atoms with van der Waals surface area (Å²) in [5.41, 5.74) is -0.975. The molecular formula is C25H27F5N4O2. The Labute approximate surface area is 204 Å². The van der Waals surface area contributed by atoms with E-state index in [0.29, 0.717) is 11.8 Å². The van der Waals surface area contributed by atoms with Crippen LogP contribution < -0.4 is 16.2 Å². The number of benzene rings is 1. The van der Waals surface area contributed by atoms with Gasteiger partial charge in [0, 0.05) is 37.8 Å². The molecule has 36 heavy (non-hydrogen) atoms. The maximum absolute atomic E-state index is 14.1. The Kier molecular flexibility index (Phi) is 5.89. The number of amides is 1. The summed E-state index contributed by atoms with van der Waals surface area (Å²) in [4.78, 5) is 28.2. The fourth-order valence-electron chi connectivity index (χ4n) is 5.40. The number of anilines is 1. The molecule has 0 radical (unpaired) electrons. The molecule has 2 heterocycles. The van der Waals surface area contributed by atoms with Crippen LogP contribution in [0.2, 0.25) is 0 Å². The van der Waals surface area contributed by atoms with Gasteiger partial charge in [-0.15, -0.1) is 0 Å². The van der Waals surface area contributed by atoms with Crippen molar-refractivity contribution in [2.75, 3.05) is 25.5 Å². The van der Waals surface area contributed by atoms with Gasteiger partial charge in [-0.25, -0.2) is 8.78 Å². The summed E-state index contributed by atoms with van der Waals surface area (Å²) in [6.45, 7) is 3.29. The molecule has 3 aliphatic rings. The van der Waals surface area contributed by atoms with Gasteiger partial charge in [-0.05, 0) is 49.9 Å². The maximum Gasteiger partial charge on any atom is 0.416 e. The molecule has 2 aromatic rings. The molecule has 1 saturated heterocycles. The fourth-order valence-corrected chi connectivity index (χ4v) is 5.40. The number of carbonyl (C=O) groups is 1. The summed E-state index contributed by atoms with van der Waals surface area (Å²) in [5.74, 6) is -2.97. The summed E-state index contributed by atoms with van der Waals surface area (Å²) in [6.07, 6.45) is -3.60. The minimum absolute atomic E-state index is 0.00875. The number of nitrogens with one attached hydrogen (secondary N) is 2. The zero-order valence-corrected chi connectivity index (χ0v) is 19.8. The first-order chi connectivity index (χ1) is 16.8. The molecule has 1 aromatic heterocycles. The molecule has 5 rings (SSSR count). The van der Waals surface area contributed by atoms with Crippen molar-refractivity contribution in [2.45, 2.75) is 50.0 Å². The van der Waals surface area contributed by atoms with E-state index in [0.717, 1.165) is 36.0 Å². The third-order valence-electron chi connectivity index (χ3n) is 7.66. The molecule has 11 heteroatoms. The molecule has 1 aromatic carbocycles. The second-order valence-electron chi connectivity index (χ2n) is 10.2. The first-order valence-electron chi connectivity index (χ1n) is 11.9. The van der Waals surface area contributed by atoms with Crippen molar-refractivity contribution in [1.82, 2.24) is 14.8 Å². The van der Waals surface area contributed by atoms with Crippen LogP contribution in [0.5, 0.6) is 0 Å². The molecule has 0 spiro atoms. The summed E-state index contributed by atoms with van der Waals surface area (Å²) >= 11 is 0. The predicted molar refractivity (Wildman–Crippen MR) is 123 cm³/mol. The Balaban J connectivity index is 1.42. The highest BCUT2D eigenvalue weighted by Gasteiger charge is 2.55. The van der Waals surface area contributed by atoms with Crippen LogP contribution in [-0.4, -0.2) is 47.5 Å². The molecular weight excluding hydrogens is 483 g/mol. The molecule has 3 fully saturated rings. The number of halogens is 5. The average molecular weight is 511 g/mol. The highest BCUT2D eigenvalue weighted by Crippen LogP contribution is 2.48. The largest absolute Gasteiger partial charge is 0.416 e. The highest BCUT2D eigenvalue weighted by atomic mass is 19.4.